The molecule has 102 valence electrons. The summed E-state index contributed by atoms with van der Waals surface area (Å²) in [6, 6.07) is -0.181. The Hall–Kier alpha value is -1.26. The van der Waals surface area contributed by atoms with Crippen LogP contribution in [0.3, 0.4) is 0 Å². The summed E-state index contributed by atoms with van der Waals surface area (Å²) in [4.78, 5) is 27.1. The fourth-order valence-corrected chi connectivity index (χ4v) is 3.22. The summed E-state index contributed by atoms with van der Waals surface area (Å²) in [5, 5.41) is 9.15. The molecule has 3 atom stereocenters. The Bertz CT molecular complexity index is 345. The van der Waals surface area contributed by atoms with Crippen molar-refractivity contribution in [2.24, 2.45) is 0 Å². The Balaban J connectivity index is 2.12. The molecule has 1 N–H and O–H groups in total. The number of aliphatic carboxylic acids is 1. The number of nitrogens with zero attached hydrogens (tertiary/aromatic N) is 2. The standard InChI is InChI=1S/C13H22N2O3/c1-3-10-7-6-9(2)15(10)13(18)14-8-4-5-11(14)12(16)17/h9-11H,3-8H2,1-2H3,(H,16,17). The highest BCUT2D eigenvalue weighted by molar-refractivity contribution is 5.83. The minimum Gasteiger partial charge on any atom is -0.480 e. The van der Waals surface area contributed by atoms with E-state index in [1.54, 1.807) is 4.90 Å². The molecule has 3 unspecified atom stereocenters. The SMILES string of the molecule is CCC1CCC(C)N1C(=O)N1CCCC1C(=O)O. The first kappa shape index (κ1) is 13.2. The van der Waals surface area contributed by atoms with Crippen LogP contribution in [0.5, 0.6) is 0 Å². The van der Waals surface area contributed by atoms with Crippen LogP contribution in [0.2, 0.25) is 0 Å². The first-order valence-electron chi connectivity index (χ1n) is 6.88. The van der Waals surface area contributed by atoms with Gasteiger partial charge in [0.2, 0.25) is 0 Å². The fraction of sp³-hybridized carbons (Fsp3) is 0.846. The third-order valence-electron chi connectivity index (χ3n) is 4.26. The lowest BCUT2D eigenvalue weighted by Gasteiger charge is -2.34. The van der Waals surface area contributed by atoms with Crippen molar-refractivity contribution in [3.8, 4) is 0 Å². The zero-order valence-corrected chi connectivity index (χ0v) is 11.1. The minimum absolute atomic E-state index is 0.0725. The van der Waals surface area contributed by atoms with Gasteiger partial charge in [-0.05, 0) is 39.0 Å². The van der Waals surface area contributed by atoms with Gasteiger partial charge >= 0.3 is 12.0 Å². The van der Waals surface area contributed by atoms with Crippen LogP contribution in [0.1, 0.15) is 46.0 Å². The van der Waals surface area contributed by atoms with Crippen molar-refractivity contribution >= 4 is 12.0 Å². The van der Waals surface area contributed by atoms with E-state index in [0.29, 0.717) is 13.0 Å². The molecule has 2 saturated heterocycles. The van der Waals surface area contributed by atoms with Crippen LogP contribution >= 0.6 is 0 Å². The molecule has 5 nitrogen and oxygen atoms in total. The molecule has 0 aromatic carbocycles. The molecular formula is C13H22N2O3. The second kappa shape index (κ2) is 5.16. The zero-order valence-electron chi connectivity index (χ0n) is 11.1. The maximum atomic E-state index is 12.5. The molecule has 2 heterocycles. The quantitative estimate of drug-likeness (QED) is 0.819. The smallest absolute Gasteiger partial charge is 0.326 e. The molecule has 0 aliphatic carbocycles. The van der Waals surface area contributed by atoms with Gasteiger partial charge in [0.15, 0.2) is 0 Å². The lowest BCUT2D eigenvalue weighted by Crippen LogP contribution is -2.51. The Kier molecular flexibility index (Phi) is 3.78. The van der Waals surface area contributed by atoms with E-state index in [1.807, 2.05) is 4.90 Å². The first-order chi connectivity index (χ1) is 8.56. The van der Waals surface area contributed by atoms with E-state index >= 15 is 0 Å². The van der Waals surface area contributed by atoms with Gasteiger partial charge in [-0.1, -0.05) is 6.92 Å². The number of carbonyl (C=O) groups is 2. The van der Waals surface area contributed by atoms with Crippen molar-refractivity contribution < 1.29 is 14.7 Å². The maximum Gasteiger partial charge on any atom is 0.326 e. The van der Waals surface area contributed by atoms with Gasteiger partial charge in [-0.25, -0.2) is 9.59 Å². The van der Waals surface area contributed by atoms with Crippen LogP contribution in [0.4, 0.5) is 4.79 Å². The van der Waals surface area contributed by atoms with Gasteiger partial charge in [-0.15, -0.1) is 0 Å². The second-order valence-corrected chi connectivity index (χ2v) is 5.37. The van der Waals surface area contributed by atoms with Crippen LogP contribution < -0.4 is 0 Å². The summed E-state index contributed by atoms with van der Waals surface area (Å²) in [6.45, 7) is 4.72. The maximum absolute atomic E-state index is 12.5. The average Bonchev–Trinajstić information content (AvgIpc) is 2.94. The molecule has 5 heteroatoms. The summed E-state index contributed by atoms with van der Waals surface area (Å²) in [5.41, 5.74) is 0. The fourth-order valence-electron chi connectivity index (χ4n) is 3.22. The van der Waals surface area contributed by atoms with Gasteiger partial charge in [0.1, 0.15) is 6.04 Å². The predicted octanol–water partition coefficient (Wildman–Crippen LogP) is 1.92. The van der Waals surface area contributed by atoms with Gasteiger partial charge in [-0.2, -0.15) is 0 Å². The van der Waals surface area contributed by atoms with E-state index in [0.717, 1.165) is 25.7 Å². The van der Waals surface area contributed by atoms with Gasteiger partial charge in [0.05, 0.1) is 0 Å². The van der Waals surface area contributed by atoms with E-state index < -0.39 is 12.0 Å². The number of amides is 2. The molecule has 2 aliphatic rings. The third kappa shape index (κ3) is 2.18. The van der Waals surface area contributed by atoms with Crippen LogP contribution in [0, 0.1) is 0 Å². The molecule has 0 radical (unpaired) electrons. The highest BCUT2D eigenvalue weighted by atomic mass is 16.4. The van der Waals surface area contributed by atoms with Gasteiger partial charge in [0, 0.05) is 18.6 Å². The molecular weight excluding hydrogens is 232 g/mol. The second-order valence-electron chi connectivity index (χ2n) is 5.37. The van der Waals surface area contributed by atoms with Crippen LogP contribution in [0.15, 0.2) is 0 Å². The van der Waals surface area contributed by atoms with Crippen molar-refractivity contribution in [1.29, 1.82) is 0 Å². The van der Waals surface area contributed by atoms with E-state index in [9.17, 15) is 9.59 Å². The molecule has 0 saturated carbocycles. The van der Waals surface area contributed by atoms with Gasteiger partial charge in [0.25, 0.3) is 0 Å². The monoisotopic (exact) mass is 254 g/mol. The Morgan fingerprint density at radius 1 is 1.28 bits per heavy atom. The van der Waals surface area contributed by atoms with Crippen LogP contribution in [-0.4, -0.2) is 51.6 Å². The summed E-state index contributed by atoms with van der Waals surface area (Å²) in [5.74, 6) is -0.874. The number of likely N-dealkylation sites (tertiary alicyclic amines) is 2. The molecule has 2 fully saturated rings. The topological polar surface area (TPSA) is 60.9 Å². The van der Waals surface area contributed by atoms with Gasteiger partial charge in [-0.3, -0.25) is 0 Å². The van der Waals surface area contributed by atoms with Crippen molar-refractivity contribution in [3.05, 3.63) is 0 Å². The minimum atomic E-state index is -0.874. The lowest BCUT2D eigenvalue weighted by molar-refractivity contribution is -0.141. The Labute approximate surface area is 108 Å². The van der Waals surface area contributed by atoms with Crippen LogP contribution in [-0.2, 0) is 4.79 Å². The number of carbonyl (C=O) groups excluding carboxylic acids is 1. The highest BCUT2D eigenvalue weighted by Crippen LogP contribution is 2.29. The normalized spacial score (nSPS) is 32.0. The number of urea groups is 1. The summed E-state index contributed by atoms with van der Waals surface area (Å²) in [6.07, 6.45) is 4.38. The van der Waals surface area contributed by atoms with Gasteiger partial charge < -0.3 is 14.9 Å². The molecule has 0 spiro atoms. The average molecular weight is 254 g/mol. The first-order valence-corrected chi connectivity index (χ1v) is 6.88. The molecule has 2 rings (SSSR count). The molecule has 0 aromatic rings. The molecule has 0 bridgehead atoms. The van der Waals surface area contributed by atoms with E-state index in [-0.39, 0.29) is 18.1 Å². The van der Waals surface area contributed by atoms with Crippen molar-refractivity contribution in [1.82, 2.24) is 9.80 Å². The summed E-state index contributed by atoms with van der Waals surface area (Å²) < 4.78 is 0. The van der Waals surface area contributed by atoms with E-state index in [2.05, 4.69) is 13.8 Å². The van der Waals surface area contributed by atoms with Crippen molar-refractivity contribution in [2.75, 3.05) is 6.54 Å². The number of carboxylic acid groups (broad SMARTS) is 1. The van der Waals surface area contributed by atoms with Crippen molar-refractivity contribution in [3.63, 3.8) is 0 Å². The molecule has 2 aliphatic heterocycles. The molecule has 2 amide bonds. The number of hydrogen-bond donors (Lipinski definition) is 1. The van der Waals surface area contributed by atoms with E-state index in [1.165, 1.54) is 0 Å². The Morgan fingerprint density at radius 3 is 2.61 bits per heavy atom. The number of rotatable bonds is 2. The zero-order chi connectivity index (χ0) is 13.3. The van der Waals surface area contributed by atoms with E-state index in [4.69, 9.17) is 5.11 Å². The predicted molar refractivity (Wildman–Crippen MR) is 67.4 cm³/mol. The van der Waals surface area contributed by atoms with Crippen LogP contribution in [0.25, 0.3) is 0 Å². The molecule has 18 heavy (non-hydrogen) atoms. The number of carboxylic acids is 1. The number of hydrogen-bond acceptors (Lipinski definition) is 2. The largest absolute Gasteiger partial charge is 0.480 e. The Morgan fingerprint density at radius 2 is 2.00 bits per heavy atom. The summed E-state index contributed by atoms with van der Waals surface area (Å²) in [7, 11) is 0. The lowest BCUT2D eigenvalue weighted by atomic mass is 10.1. The highest BCUT2D eigenvalue weighted by Gasteiger charge is 2.41. The summed E-state index contributed by atoms with van der Waals surface area (Å²) >= 11 is 0. The molecule has 0 aromatic heterocycles. The van der Waals surface area contributed by atoms with Crippen molar-refractivity contribution in [2.45, 2.75) is 64.1 Å². The third-order valence-corrected chi connectivity index (χ3v) is 4.26.